The fourth-order valence-electron chi connectivity index (χ4n) is 4.01. The Hall–Kier alpha value is -3.03. The predicted molar refractivity (Wildman–Crippen MR) is 107 cm³/mol. The average Bonchev–Trinajstić information content (AvgIpc) is 3.40. The molecule has 0 aromatic heterocycles. The standard InChI is InChI=1S/C21H27N3O5/c1-4-28-19(25)22-24(20(26)29-5-2)18-17(10-11-21(18)12-13-21)16-9-7-6-8-15(16)14(3)23-27/h6-11,17-18,27H,4-5,12-13H2,1-3H3,(H,22,25)/b23-14+/t17-,18-/m1/s1. The van der Waals surface area contributed by atoms with Crippen molar-refractivity contribution in [2.75, 3.05) is 13.2 Å². The normalized spacial score (nSPS) is 21.7. The molecule has 3 rings (SSSR count). The first kappa shape index (κ1) is 20.7. The first-order valence-electron chi connectivity index (χ1n) is 9.84. The smallest absolute Gasteiger partial charge is 0.429 e. The lowest BCUT2D eigenvalue weighted by Gasteiger charge is -2.36. The zero-order valence-electron chi connectivity index (χ0n) is 16.9. The van der Waals surface area contributed by atoms with Gasteiger partial charge in [0.1, 0.15) is 0 Å². The lowest BCUT2D eigenvalue weighted by atomic mass is 9.84. The summed E-state index contributed by atoms with van der Waals surface area (Å²) in [4.78, 5) is 24.9. The number of amides is 2. The Kier molecular flexibility index (Phi) is 6.10. The lowest BCUT2D eigenvalue weighted by Crippen LogP contribution is -2.56. The number of oxime groups is 1. The van der Waals surface area contributed by atoms with E-state index in [1.807, 2.05) is 24.3 Å². The molecule has 2 N–H and O–H groups in total. The van der Waals surface area contributed by atoms with E-state index in [4.69, 9.17) is 9.47 Å². The number of rotatable bonds is 5. The van der Waals surface area contributed by atoms with Gasteiger partial charge in [0, 0.05) is 16.9 Å². The van der Waals surface area contributed by atoms with Gasteiger partial charge in [0.05, 0.1) is 25.0 Å². The van der Waals surface area contributed by atoms with Gasteiger partial charge in [-0.3, -0.25) is 0 Å². The maximum absolute atomic E-state index is 12.8. The molecule has 1 aromatic carbocycles. The largest absolute Gasteiger partial charge is 0.449 e. The first-order valence-corrected chi connectivity index (χ1v) is 9.84. The molecule has 2 aliphatic rings. The molecule has 2 amide bonds. The third kappa shape index (κ3) is 4.06. The molecule has 0 unspecified atom stereocenters. The monoisotopic (exact) mass is 401 g/mol. The molecule has 2 aliphatic carbocycles. The van der Waals surface area contributed by atoms with Crippen molar-refractivity contribution in [1.82, 2.24) is 10.4 Å². The molecule has 1 aromatic rings. The van der Waals surface area contributed by atoms with Crippen molar-refractivity contribution in [2.24, 2.45) is 10.6 Å². The zero-order chi connectivity index (χ0) is 21.0. The van der Waals surface area contributed by atoms with Crippen molar-refractivity contribution in [3.63, 3.8) is 0 Å². The highest BCUT2D eigenvalue weighted by Crippen LogP contribution is 2.59. The number of nitrogens with one attached hydrogen (secondary N) is 1. The maximum Gasteiger partial charge on any atom is 0.429 e. The van der Waals surface area contributed by atoms with E-state index in [0.717, 1.165) is 24.0 Å². The molecule has 0 radical (unpaired) electrons. The van der Waals surface area contributed by atoms with Gasteiger partial charge < -0.3 is 14.7 Å². The van der Waals surface area contributed by atoms with Crippen LogP contribution in [-0.2, 0) is 9.47 Å². The summed E-state index contributed by atoms with van der Waals surface area (Å²) in [5.74, 6) is -0.211. The summed E-state index contributed by atoms with van der Waals surface area (Å²) in [6, 6.07) is 7.22. The van der Waals surface area contributed by atoms with Crippen LogP contribution in [-0.4, -0.2) is 47.4 Å². The van der Waals surface area contributed by atoms with Crippen LogP contribution >= 0.6 is 0 Å². The lowest BCUT2D eigenvalue weighted by molar-refractivity contribution is 0.0415. The van der Waals surface area contributed by atoms with Crippen molar-refractivity contribution < 1.29 is 24.3 Å². The Morgan fingerprint density at radius 3 is 2.55 bits per heavy atom. The molecule has 1 fully saturated rings. The van der Waals surface area contributed by atoms with E-state index in [9.17, 15) is 14.8 Å². The minimum absolute atomic E-state index is 0.185. The van der Waals surface area contributed by atoms with Gasteiger partial charge in [0.25, 0.3) is 0 Å². The summed E-state index contributed by atoms with van der Waals surface area (Å²) in [7, 11) is 0. The van der Waals surface area contributed by atoms with Crippen LogP contribution in [0.5, 0.6) is 0 Å². The van der Waals surface area contributed by atoms with Crippen molar-refractivity contribution >= 4 is 17.9 Å². The minimum atomic E-state index is -0.705. The van der Waals surface area contributed by atoms with Crippen molar-refractivity contribution in [3.8, 4) is 0 Å². The molecule has 0 aliphatic heterocycles. The summed E-state index contributed by atoms with van der Waals surface area (Å²) in [6.45, 7) is 5.51. The molecule has 29 heavy (non-hydrogen) atoms. The van der Waals surface area contributed by atoms with E-state index in [-0.39, 0.29) is 30.6 Å². The van der Waals surface area contributed by atoms with Crippen LogP contribution in [0.4, 0.5) is 9.59 Å². The van der Waals surface area contributed by atoms with E-state index in [2.05, 4.69) is 22.7 Å². The first-order chi connectivity index (χ1) is 14.0. The summed E-state index contributed by atoms with van der Waals surface area (Å²) in [5.41, 5.74) is 4.52. The van der Waals surface area contributed by atoms with Gasteiger partial charge in [0.15, 0.2) is 0 Å². The second-order valence-electron chi connectivity index (χ2n) is 7.24. The van der Waals surface area contributed by atoms with Gasteiger partial charge in [-0.2, -0.15) is 0 Å². The van der Waals surface area contributed by atoms with Gasteiger partial charge in [-0.15, -0.1) is 0 Å². The topological polar surface area (TPSA) is 100 Å². The SMILES string of the molecule is CCOC(=O)NN(C(=O)OCC)[C@@H]1[C@@H](c2ccccc2/C(C)=N/O)C=CC12CC2. The number of carbonyl (C=O) groups is 2. The zero-order valence-corrected chi connectivity index (χ0v) is 16.9. The Bertz CT molecular complexity index is 831. The predicted octanol–water partition coefficient (Wildman–Crippen LogP) is 3.81. The number of hydrazine groups is 1. The van der Waals surface area contributed by atoms with Gasteiger partial charge in [0.2, 0.25) is 0 Å². The van der Waals surface area contributed by atoms with Gasteiger partial charge in [-0.05, 0) is 39.2 Å². The Balaban J connectivity index is 2.01. The van der Waals surface area contributed by atoms with Crippen LogP contribution in [0.1, 0.15) is 50.7 Å². The maximum atomic E-state index is 12.8. The molecule has 1 saturated carbocycles. The van der Waals surface area contributed by atoms with E-state index >= 15 is 0 Å². The molecule has 0 heterocycles. The number of hydrogen-bond acceptors (Lipinski definition) is 6. The second-order valence-corrected chi connectivity index (χ2v) is 7.24. The molecule has 8 nitrogen and oxygen atoms in total. The van der Waals surface area contributed by atoms with E-state index < -0.39 is 12.2 Å². The number of hydrogen-bond donors (Lipinski definition) is 2. The van der Waals surface area contributed by atoms with Gasteiger partial charge in [-0.1, -0.05) is 41.6 Å². The molecule has 0 saturated heterocycles. The number of nitrogens with zero attached hydrogens (tertiary/aromatic N) is 2. The summed E-state index contributed by atoms with van der Waals surface area (Å²) in [5, 5.41) is 13.9. The highest BCUT2D eigenvalue weighted by molar-refractivity contribution is 6.00. The third-order valence-corrected chi connectivity index (χ3v) is 5.48. The molecule has 8 heteroatoms. The van der Waals surface area contributed by atoms with Gasteiger partial charge in [-0.25, -0.2) is 20.0 Å². The van der Waals surface area contributed by atoms with E-state index in [0.29, 0.717) is 5.71 Å². The van der Waals surface area contributed by atoms with Crippen molar-refractivity contribution in [2.45, 2.75) is 45.6 Å². The van der Waals surface area contributed by atoms with Crippen LogP contribution in [0.15, 0.2) is 41.6 Å². The number of ether oxygens (including phenoxy) is 2. The fourth-order valence-corrected chi connectivity index (χ4v) is 4.01. The molecule has 156 valence electrons. The Morgan fingerprint density at radius 1 is 1.24 bits per heavy atom. The van der Waals surface area contributed by atoms with Crippen LogP contribution in [0.3, 0.4) is 0 Å². The number of carbonyl (C=O) groups excluding carboxylic acids is 2. The van der Waals surface area contributed by atoms with Crippen LogP contribution in [0, 0.1) is 5.41 Å². The van der Waals surface area contributed by atoms with Crippen molar-refractivity contribution in [3.05, 3.63) is 47.5 Å². The molecule has 2 atom stereocenters. The average molecular weight is 401 g/mol. The van der Waals surface area contributed by atoms with E-state index in [1.54, 1.807) is 20.8 Å². The molecule has 0 bridgehead atoms. The Morgan fingerprint density at radius 2 is 1.93 bits per heavy atom. The highest BCUT2D eigenvalue weighted by Gasteiger charge is 2.58. The van der Waals surface area contributed by atoms with Crippen LogP contribution < -0.4 is 5.43 Å². The molecular formula is C21H27N3O5. The highest BCUT2D eigenvalue weighted by atomic mass is 16.6. The van der Waals surface area contributed by atoms with E-state index in [1.165, 1.54) is 5.01 Å². The summed E-state index contributed by atoms with van der Waals surface area (Å²) >= 11 is 0. The number of benzene rings is 1. The molecule has 1 spiro atoms. The Labute approximate surface area is 170 Å². The second kappa shape index (κ2) is 8.55. The summed E-state index contributed by atoms with van der Waals surface area (Å²) in [6.07, 6.45) is 4.64. The minimum Gasteiger partial charge on any atom is -0.449 e. The van der Waals surface area contributed by atoms with Gasteiger partial charge >= 0.3 is 12.2 Å². The summed E-state index contributed by atoms with van der Waals surface area (Å²) < 4.78 is 10.2. The van der Waals surface area contributed by atoms with Crippen molar-refractivity contribution in [1.29, 1.82) is 0 Å². The third-order valence-electron chi connectivity index (χ3n) is 5.48. The fraction of sp³-hybridized carbons (Fsp3) is 0.476. The quantitative estimate of drug-likeness (QED) is 0.338. The van der Waals surface area contributed by atoms with Crippen LogP contribution in [0.2, 0.25) is 0 Å². The molecular weight excluding hydrogens is 374 g/mol. The van der Waals surface area contributed by atoms with Crippen LogP contribution in [0.25, 0.3) is 0 Å².